The summed E-state index contributed by atoms with van der Waals surface area (Å²) in [6.45, 7) is 7.79. The van der Waals surface area contributed by atoms with Crippen LogP contribution < -0.4 is 5.56 Å². The minimum Gasteiger partial charge on any atom is -0.450 e. The Hall–Kier alpha value is -2.41. The summed E-state index contributed by atoms with van der Waals surface area (Å²) in [5, 5.41) is 0.599. The molecule has 2 aromatic rings. The number of esters is 1. The Morgan fingerprint density at radius 1 is 1.15 bits per heavy atom. The number of rotatable bonds is 4. The first-order valence-electron chi connectivity index (χ1n) is 8.35. The largest absolute Gasteiger partial charge is 0.450 e. The molecule has 26 heavy (non-hydrogen) atoms. The summed E-state index contributed by atoms with van der Waals surface area (Å²) >= 11 is 1.47. The van der Waals surface area contributed by atoms with Gasteiger partial charge < -0.3 is 4.74 Å². The molecule has 1 unspecified atom stereocenters. The van der Waals surface area contributed by atoms with E-state index in [9.17, 15) is 14.4 Å². The highest BCUT2D eigenvalue weighted by Gasteiger charge is 2.26. The normalized spacial score (nSPS) is 14.0. The predicted octanol–water partition coefficient (Wildman–Crippen LogP) is 2.70. The quantitative estimate of drug-likeness (QED) is 0.466. The minimum atomic E-state index is -0.990. The molecule has 1 aliphatic heterocycles. The van der Waals surface area contributed by atoms with Crippen molar-refractivity contribution < 1.29 is 14.3 Å². The van der Waals surface area contributed by atoms with Gasteiger partial charge in [0.2, 0.25) is 5.78 Å². The third-order valence-corrected chi connectivity index (χ3v) is 5.51. The Bertz CT molecular complexity index is 965. The second-order valence-corrected chi connectivity index (χ2v) is 7.48. The van der Waals surface area contributed by atoms with Crippen molar-refractivity contribution in [2.45, 2.75) is 45.5 Å². The second kappa shape index (κ2) is 7.07. The van der Waals surface area contributed by atoms with E-state index in [0.717, 1.165) is 22.4 Å². The molecule has 0 saturated carbocycles. The first-order valence-corrected chi connectivity index (χ1v) is 9.34. The number of hydrogen-bond donors (Lipinski definition) is 0. The Balaban J connectivity index is 1.81. The summed E-state index contributed by atoms with van der Waals surface area (Å²) < 4.78 is 6.73. The molecule has 0 N–H and O–H groups in total. The van der Waals surface area contributed by atoms with Gasteiger partial charge in [-0.15, -0.1) is 0 Å². The maximum Gasteiger partial charge on any atom is 0.346 e. The highest BCUT2D eigenvalue weighted by molar-refractivity contribution is 7.99. The van der Waals surface area contributed by atoms with E-state index in [1.165, 1.54) is 29.4 Å². The lowest BCUT2D eigenvalue weighted by Crippen LogP contribution is -2.31. The molecule has 3 rings (SSSR count). The number of fused-ring (bicyclic) bond motifs is 1. The van der Waals surface area contributed by atoms with Gasteiger partial charge in [-0.05, 0) is 50.5 Å². The first kappa shape index (κ1) is 18.4. The Labute approximate surface area is 155 Å². The second-order valence-electron chi connectivity index (χ2n) is 6.42. The zero-order valence-electron chi connectivity index (χ0n) is 15.2. The fraction of sp³-hybridized carbons (Fsp3) is 0.368. The van der Waals surface area contributed by atoms with Crippen LogP contribution in [0.2, 0.25) is 0 Å². The number of ketones is 1. The molecule has 0 radical (unpaired) electrons. The maximum atomic E-state index is 12.7. The molecule has 0 spiro atoms. The third-order valence-electron chi connectivity index (χ3n) is 4.54. The molecular weight excluding hydrogens is 352 g/mol. The van der Waals surface area contributed by atoms with Crippen molar-refractivity contribution >= 4 is 23.5 Å². The van der Waals surface area contributed by atoms with Crippen LogP contribution >= 0.6 is 11.8 Å². The van der Waals surface area contributed by atoms with E-state index >= 15 is 0 Å². The molecule has 1 aromatic heterocycles. The fourth-order valence-corrected chi connectivity index (χ4v) is 3.79. The van der Waals surface area contributed by atoms with Gasteiger partial charge in [0.25, 0.3) is 5.56 Å². The summed E-state index contributed by atoms with van der Waals surface area (Å²) in [5.74, 6) is -0.359. The molecule has 2 heterocycles. The summed E-state index contributed by atoms with van der Waals surface area (Å²) in [6.07, 6.45) is 0.239. The molecule has 7 heteroatoms. The Morgan fingerprint density at radius 3 is 2.58 bits per heavy atom. The Morgan fingerprint density at radius 2 is 1.85 bits per heavy atom. The monoisotopic (exact) mass is 372 g/mol. The molecule has 1 aliphatic rings. The summed E-state index contributed by atoms with van der Waals surface area (Å²) in [7, 11) is 0. The molecule has 0 saturated heterocycles. The molecule has 0 fully saturated rings. The highest BCUT2D eigenvalue weighted by Crippen LogP contribution is 2.21. The van der Waals surface area contributed by atoms with Crippen molar-refractivity contribution in [2.75, 3.05) is 5.75 Å². The highest BCUT2D eigenvalue weighted by atomic mass is 32.2. The van der Waals surface area contributed by atoms with Gasteiger partial charge in [0.1, 0.15) is 5.56 Å². The molecule has 1 atom stereocenters. The zero-order chi connectivity index (χ0) is 19.0. The van der Waals surface area contributed by atoms with Crippen LogP contribution in [-0.2, 0) is 11.3 Å². The number of carbonyl (C=O) groups is 2. The number of hydrogen-bond acceptors (Lipinski definition) is 6. The summed E-state index contributed by atoms with van der Waals surface area (Å²) in [5.41, 5.74) is 2.88. The van der Waals surface area contributed by atoms with Crippen LogP contribution in [-0.4, -0.2) is 33.2 Å². The molecule has 0 aliphatic carbocycles. The molecule has 1 aromatic carbocycles. The predicted molar refractivity (Wildman–Crippen MR) is 99.1 cm³/mol. The number of carbonyl (C=O) groups excluding carboxylic acids is 2. The number of thioether (sulfide) groups is 1. The van der Waals surface area contributed by atoms with Crippen LogP contribution in [0.15, 0.2) is 28.3 Å². The van der Waals surface area contributed by atoms with Crippen molar-refractivity contribution in [3.63, 3.8) is 0 Å². The number of aryl methyl sites for hydroxylation is 3. The molecular formula is C19H20N2O4S. The van der Waals surface area contributed by atoms with Crippen LogP contribution in [0.5, 0.6) is 0 Å². The number of aromatic nitrogens is 2. The lowest BCUT2D eigenvalue weighted by molar-refractivity contribution is 0.0315. The van der Waals surface area contributed by atoms with Crippen molar-refractivity contribution in [2.24, 2.45) is 0 Å². The van der Waals surface area contributed by atoms with Crippen molar-refractivity contribution in [3.05, 3.63) is 56.5 Å². The number of benzene rings is 1. The van der Waals surface area contributed by atoms with Gasteiger partial charge in [0, 0.05) is 17.9 Å². The average molecular weight is 372 g/mol. The molecule has 6 nitrogen and oxygen atoms in total. The third kappa shape index (κ3) is 3.31. The van der Waals surface area contributed by atoms with Gasteiger partial charge >= 0.3 is 5.97 Å². The van der Waals surface area contributed by atoms with E-state index in [-0.39, 0.29) is 11.3 Å². The standard InChI is InChI=1S/C19H20N2O4S/c1-10-7-12(3)14(8-11(10)2)16(22)13(4)25-18(24)15-9-20-19-21(17(15)23)5-6-26-19/h7-9,13H,5-6H2,1-4H3. The molecule has 0 bridgehead atoms. The minimum absolute atomic E-state index is 0.146. The number of Topliss-reactive ketones (excluding diaryl/α,β-unsaturated/α-hetero) is 1. The number of ether oxygens (including phenoxy) is 1. The van der Waals surface area contributed by atoms with E-state index in [0.29, 0.717) is 17.3 Å². The van der Waals surface area contributed by atoms with Crippen molar-refractivity contribution in [1.82, 2.24) is 9.55 Å². The van der Waals surface area contributed by atoms with Crippen LogP contribution in [0.4, 0.5) is 0 Å². The van der Waals surface area contributed by atoms with E-state index < -0.39 is 17.6 Å². The van der Waals surface area contributed by atoms with Crippen molar-refractivity contribution in [1.29, 1.82) is 0 Å². The SMILES string of the molecule is Cc1cc(C)c(C(=O)C(C)OC(=O)c2cnc3n(c2=O)CCS3)cc1C. The Kier molecular flexibility index (Phi) is 5.00. The fourth-order valence-electron chi connectivity index (χ4n) is 2.88. The van der Waals surface area contributed by atoms with E-state index in [2.05, 4.69) is 4.98 Å². The van der Waals surface area contributed by atoms with Crippen LogP contribution in [0, 0.1) is 20.8 Å². The van der Waals surface area contributed by atoms with Crippen LogP contribution in [0.25, 0.3) is 0 Å². The first-order chi connectivity index (χ1) is 12.3. The summed E-state index contributed by atoms with van der Waals surface area (Å²) in [6, 6.07) is 3.74. The molecule has 136 valence electrons. The number of nitrogens with zero attached hydrogens (tertiary/aromatic N) is 2. The van der Waals surface area contributed by atoms with Crippen molar-refractivity contribution in [3.8, 4) is 0 Å². The lowest BCUT2D eigenvalue weighted by Gasteiger charge is -2.15. The molecule has 0 amide bonds. The van der Waals surface area contributed by atoms with Crippen LogP contribution in [0.1, 0.15) is 44.3 Å². The van der Waals surface area contributed by atoms with Crippen LogP contribution in [0.3, 0.4) is 0 Å². The average Bonchev–Trinajstić information content (AvgIpc) is 3.07. The van der Waals surface area contributed by atoms with Gasteiger partial charge in [-0.1, -0.05) is 17.8 Å². The maximum absolute atomic E-state index is 12.7. The van der Waals surface area contributed by atoms with Gasteiger partial charge in [-0.3, -0.25) is 14.2 Å². The zero-order valence-corrected chi connectivity index (χ0v) is 16.0. The summed E-state index contributed by atoms with van der Waals surface area (Å²) in [4.78, 5) is 41.6. The lowest BCUT2D eigenvalue weighted by atomic mass is 9.96. The van der Waals surface area contributed by atoms with Gasteiger partial charge in [-0.2, -0.15) is 0 Å². The smallest absolute Gasteiger partial charge is 0.346 e. The van der Waals surface area contributed by atoms with Gasteiger partial charge in [-0.25, -0.2) is 9.78 Å². The van der Waals surface area contributed by atoms with E-state index in [1.54, 1.807) is 6.07 Å². The topological polar surface area (TPSA) is 78.3 Å². The van der Waals surface area contributed by atoms with E-state index in [1.807, 2.05) is 26.8 Å². The van der Waals surface area contributed by atoms with Gasteiger partial charge in [0.15, 0.2) is 11.3 Å². The van der Waals surface area contributed by atoms with E-state index in [4.69, 9.17) is 4.74 Å². The van der Waals surface area contributed by atoms with Gasteiger partial charge in [0.05, 0.1) is 6.20 Å².